The summed E-state index contributed by atoms with van der Waals surface area (Å²) in [5.74, 6) is -0.835. The molecule has 0 fully saturated rings. The number of carbonyl (C=O) groups is 1. The zero-order valence-corrected chi connectivity index (χ0v) is 10.9. The van der Waals surface area contributed by atoms with Crippen molar-refractivity contribution in [2.24, 2.45) is 0 Å². The smallest absolute Gasteiger partial charge is 0.305 e. The van der Waals surface area contributed by atoms with Gasteiger partial charge in [-0.2, -0.15) is 4.39 Å². The Balaban J connectivity index is 2.26. The van der Waals surface area contributed by atoms with Gasteiger partial charge in [-0.15, -0.1) is 0 Å². The van der Waals surface area contributed by atoms with Gasteiger partial charge in [0.05, 0.1) is 11.5 Å². The maximum absolute atomic E-state index is 13.9. The lowest BCUT2D eigenvalue weighted by Crippen LogP contribution is -2.03. The average Bonchev–Trinajstić information content (AvgIpc) is 2.88. The molecule has 1 aromatic carbocycles. The lowest BCUT2D eigenvalue weighted by Gasteiger charge is -2.05. The van der Waals surface area contributed by atoms with Crippen LogP contribution in [0.1, 0.15) is 29.3 Å². The standard InChI is InChI=1S/C14H13FN2O3/c1-2-13(18)10-6-7-16(8-10)9-11-4-3-5-12(14(11)15)17(19)20/h3-8H,2,9H2,1H3. The van der Waals surface area contributed by atoms with Gasteiger partial charge in [-0.3, -0.25) is 14.9 Å². The zero-order valence-electron chi connectivity index (χ0n) is 10.9. The van der Waals surface area contributed by atoms with Crippen molar-refractivity contribution in [3.63, 3.8) is 0 Å². The van der Waals surface area contributed by atoms with Gasteiger partial charge in [0.25, 0.3) is 0 Å². The van der Waals surface area contributed by atoms with Gasteiger partial charge in [0.1, 0.15) is 0 Å². The van der Waals surface area contributed by atoms with E-state index in [1.54, 1.807) is 30.0 Å². The summed E-state index contributed by atoms with van der Waals surface area (Å²) in [6.07, 6.45) is 3.67. The minimum atomic E-state index is -0.838. The fourth-order valence-corrected chi connectivity index (χ4v) is 1.93. The van der Waals surface area contributed by atoms with Crippen LogP contribution in [0.2, 0.25) is 0 Å². The third-order valence-electron chi connectivity index (χ3n) is 3.00. The van der Waals surface area contributed by atoms with Gasteiger partial charge in [-0.25, -0.2) is 0 Å². The number of halogens is 1. The highest BCUT2D eigenvalue weighted by atomic mass is 19.1. The molecule has 2 aromatic rings. The number of hydrogen-bond acceptors (Lipinski definition) is 3. The molecule has 1 aromatic heterocycles. The second kappa shape index (κ2) is 5.64. The molecule has 0 saturated heterocycles. The van der Waals surface area contributed by atoms with Crippen LogP contribution in [0, 0.1) is 15.9 Å². The zero-order chi connectivity index (χ0) is 14.7. The Morgan fingerprint density at radius 1 is 1.40 bits per heavy atom. The van der Waals surface area contributed by atoms with Crippen LogP contribution in [0.25, 0.3) is 0 Å². The Labute approximate surface area is 114 Å². The monoisotopic (exact) mass is 276 g/mol. The van der Waals surface area contributed by atoms with Crippen LogP contribution in [0.4, 0.5) is 10.1 Å². The summed E-state index contributed by atoms with van der Waals surface area (Å²) in [6, 6.07) is 5.71. The minimum absolute atomic E-state index is 0.00302. The van der Waals surface area contributed by atoms with Crippen LogP contribution in [-0.2, 0) is 6.54 Å². The minimum Gasteiger partial charge on any atom is -0.349 e. The molecule has 0 aliphatic rings. The van der Waals surface area contributed by atoms with Crippen molar-refractivity contribution in [1.82, 2.24) is 4.57 Å². The second-order valence-corrected chi connectivity index (χ2v) is 4.36. The molecule has 0 aliphatic heterocycles. The van der Waals surface area contributed by atoms with Gasteiger partial charge < -0.3 is 4.57 Å². The lowest BCUT2D eigenvalue weighted by atomic mass is 10.2. The van der Waals surface area contributed by atoms with Crippen molar-refractivity contribution < 1.29 is 14.1 Å². The first-order chi connectivity index (χ1) is 9.52. The van der Waals surface area contributed by atoms with Gasteiger partial charge in [-0.1, -0.05) is 19.1 Å². The van der Waals surface area contributed by atoms with Crippen molar-refractivity contribution in [3.05, 3.63) is 63.7 Å². The topological polar surface area (TPSA) is 65.1 Å². The fourth-order valence-electron chi connectivity index (χ4n) is 1.93. The molecule has 0 unspecified atom stereocenters. The number of ketones is 1. The van der Waals surface area contributed by atoms with Gasteiger partial charge in [-0.05, 0) is 6.07 Å². The van der Waals surface area contributed by atoms with Crippen LogP contribution in [0.5, 0.6) is 0 Å². The van der Waals surface area contributed by atoms with Crippen LogP contribution >= 0.6 is 0 Å². The lowest BCUT2D eigenvalue weighted by molar-refractivity contribution is -0.387. The first-order valence-corrected chi connectivity index (χ1v) is 6.13. The Morgan fingerprint density at radius 2 is 2.15 bits per heavy atom. The summed E-state index contributed by atoms with van der Waals surface area (Å²) in [4.78, 5) is 21.4. The number of carbonyl (C=O) groups excluding carboxylic acids is 1. The van der Waals surface area contributed by atoms with E-state index in [4.69, 9.17) is 0 Å². The molecular formula is C14H13FN2O3. The Kier molecular flexibility index (Phi) is 3.93. The number of rotatable bonds is 5. The number of aromatic nitrogens is 1. The molecule has 0 radical (unpaired) electrons. The van der Waals surface area contributed by atoms with Gasteiger partial charge in [0, 0.05) is 36.0 Å². The van der Waals surface area contributed by atoms with Crippen LogP contribution in [0.3, 0.4) is 0 Å². The van der Waals surface area contributed by atoms with Crippen molar-refractivity contribution >= 4 is 11.5 Å². The van der Waals surface area contributed by atoms with E-state index in [1.807, 2.05) is 0 Å². The molecule has 0 amide bonds. The van der Waals surface area contributed by atoms with Crippen LogP contribution < -0.4 is 0 Å². The molecule has 0 spiro atoms. The number of benzene rings is 1. The third kappa shape index (κ3) is 2.74. The van der Waals surface area contributed by atoms with Crippen molar-refractivity contribution in [2.45, 2.75) is 19.9 Å². The van der Waals surface area contributed by atoms with E-state index >= 15 is 0 Å². The second-order valence-electron chi connectivity index (χ2n) is 4.36. The molecule has 0 saturated carbocycles. The predicted molar refractivity (Wildman–Crippen MR) is 71.2 cm³/mol. The Hall–Kier alpha value is -2.50. The molecule has 0 N–H and O–H groups in total. The summed E-state index contributed by atoms with van der Waals surface area (Å²) in [5.41, 5.74) is 0.225. The highest BCUT2D eigenvalue weighted by Crippen LogP contribution is 2.21. The molecule has 0 aliphatic carbocycles. The largest absolute Gasteiger partial charge is 0.349 e. The first kappa shape index (κ1) is 13.9. The first-order valence-electron chi connectivity index (χ1n) is 6.13. The van der Waals surface area contributed by atoms with Crippen molar-refractivity contribution in [1.29, 1.82) is 0 Å². The fraction of sp³-hybridized carbons (Fsp3) is 0.214. The van der Waals surface area contributed by atoms with Gasteiger partial charge in [0.2, 0.25) is 5.82 Å². The Bertz CT molecular complexity index is 664. The summed E-state index contributed by atoms with van der Waals surface area (Å²) in [6.45, 7) is 1.91. The highest BCUT2D eigenvalue weighted by Gasteiger charge is 2.17. The molecule has 20 heavy (non-hydrogen) atoms. The summed E-state index contributed by atoms with van der Waals surface area (Å²) >= 11 is 0. The predicted octanol–water partition coefficient (Wildman–Crippen LogP) is 3.18. The maximum atomic E-state index is 13.9. The molecule has 1 heterocycles. The number of nitrogens with zero attached hydrogens (tertiary/aromatic N) is 2. The van der Waals surface area contributed by atoms with E-state index in [1.165, 1.54) is 12.1 Å². The van der Waals surface area contributed by atoms with E-state index in [9.17, 15) is 19.3 Å². The third-order valence-corrected chi connectivity index (χ3v) is 3.00. The SMILES string of the molecule is CCC(=O)c1ccn(Cc2cccc([N+](=O)[O-])c2F)c1. The number of Topliss-reactive ketones (excluding diaryl/α,β-unsaturated/α-hetero) is 1. The number of hydrogen-bond donors (Lipinski definition) is 0. The molecule has 2 rings (SSSR count). The van der Waals surface area contributed by atoms with Crippen molar-refractivity contribution in [2.75, 3.05) is 0 Å². The summed E-state index contributed by atoms with van der Waals surface area (Å²) in [7, 11) is 0. The molecular weight excluding hydrogens is 263 g/mol. The molecule has 6 heteroatoms. The molecule has 0 bridgehead atoms. The molecule has 5 nitrogen and oxygen atoms in total. The van der Waals surface area contributed by atoms with E-state index in [-0.39, 0.29) is 17.9 Å². The van der Waals surface area contributed by atoms with Crippen LogP contribution in [-0.4, -0.2) is 15.3 Å². The number of nitro groups is 1. The number of nitro benzene ring substituents is 1. The van der Waals surface area contributed by atoms with Gasteiger partial charge >= 0.3 is 5.69 Å². The van der Waals surface area contributed by atoms with E-state index in [0.29, 0.717) is 12.0 Å². The van der Waals surface area contributed by atoms with E-state index in [0.717, 1.165) is 6.07 Å². The summed E-state index contributed by atoms with van der Waals surface area (Å²) in [5, 5.41) is 10.7. The highest BCUT2D eigenvalue weighted by molar-refractivity contribution is 5.95. The van der Waals surface area contributed by atoms with Crippen molar-refractivity contribution in [3.8, 4) is 0 Å². The Morgan fingerprint density at radius 3 is 2.80 bits per heavy atom. The average molecular weight is 276 g/mol. The summed E-state index contributed by atoms with van der Waals surface area (Å²) < 4.78 is 15.5. The molecule has 104 valence electrons. The quantitative estimate of drug-likeness (QED) is 0.478. The molecule has 0 atom stereocenters. The normalized spacial score (nSPS) is 10.5. The van der Waals surface area contributed by atoms with E-state index < -0.39 is 16.4 Å². The van der Waals surface area contributed by atoms with E-state index in [2.05, 4.69) is 0 Å². The van der Waals surface area contributed by atoms with Gasteiger partial charge in [0.15, 0.2) is 5.78 Å². The maximum Gasteiger partial charge on any atom is 0.305 e. The van der Waals surface area contributed by atoms with Crippen LogP contribution in [0.15, 0.2) is 36.7 Å².